The minimum Gasteiger partial charge on any atom is -0.464 e. The molecule has 1 aliphatic heterocycles. The van der Waals surface area contributed by atoms with Gasteiger partial charge in [0.25, 0.3) is 0 Å². The summed E-state index contributed by atoms with van der Waals surface area (Å²) < 4.78 is 10.4. The van der Waals surface area contributed by atoms with Crippen LogP contribution in [0.5, 0.6) is 0 Å². The number of ether oxygens (including phenoxy) is 2. The molecule has 0 aliphatic carbocycles. The van der Waals surface area contributed by atoms with Crippen LogP contribution in [0.3, 0.4) is 0 Å². The van der Waals surface area contributed by atoms with Gasteiger partial charge in [0.2, 0.25) is 0 Å². The predicted molar refractivity (Wildman–Crippen MR) is 77.1 cm³/mol. The number of fused-ring (bicyclic) bond motifs is 1. The van der Waals surface area contributed by atoms with Gasteiger partial charge in [-0.15, -0.1) is 0 Å². The molecule has 1 atom stereocenters. The Balaban J connectivity index is 2.31. The van der Waals surface area contributed by atoms with Crippen LogP contribution in [0.1, 0.15) is 33.4 Å². The molecule has 0 saturated heterocycles. The van der Waals surface area contributed by atoms with Gasteiger partial charge in [-0.3, -0.25) is 9.88 Å². The second-order valence-corrected chi connectivity index (χ2v) is 5.79. The Morgan fingerprint density at radius 1 is 1.43 bits per heavy atom. The van der Waals surface area contributed by atoms with Crippen molar-refractivity contribution < 1.29 is 19.1 Å². The van der Waals surface area contributed by atoms with E-state index >= 15 is 0 Å². The SMILES string of the molecule is CCOC(=O)C1Cc2ncccc2N1C(=O)OC(C)(C)C. The molecule has 0 aromatic carbocycles. The Kier molecular flexibility index (Phi) is 4.16. The Morgan fingerprint density at radius 2 is 2.14 bits per heavy atom. The normalized spacial score (nSPS) is 17.3. The van der Waals surface area contributed by atoms with Gasteiger partial charge in [0, 0.05) is 12.6 Å². The van der Waals surface area contributed by atoms with Crippen molar-refractivity contribution in [3.63, 3.8) is 0 Å². The molecule has 1 amide bonds. The number of anilines is 1. The number of aromatic nitrogens is 1. The molecule has 21 heavy (non-hydrogen) atoms. The van der Waals surface area contributed by atoms with Gasteiger partial charge < -0.3 is 9.47 Å². The van der Waals surface area contributed by atoms with Crippen molar-refractivity contribution in [3.05, 3.63) is 24.0 Å². The van der Waals surface area contributed by atoms with Crippen LogP contribution >= 0.6 is 0 Å². The molecule has 1 aromatic heterocycles. The number of esters is 1. The van der Waals surface area contributed by atoms with Crippen LogP contribution in [0.2, 0.25) is 0 Å². The van der Waals surface area contributed by atoms with E-state index in [1.807, 2.05) is 0 Å². The van der Waals surface area contributed by atoms with E-state index in [1.165, 1.54) is 4.90 Å². The Bertz CT molecular complexity index is 551. The molecule has 1 unspecified atom stereocenters. The highest BCUT2D eigenvalue weighted by molar-refractivity contribution is 5.98. The summed E-state index contributed by atoms with van der Waals surface area (Å²) in [6.07, 6.45) is 1.42. The first-order valence-electron chi connectivity index (χ1n) is 6.96. The third kappa shape index (κ3) is 3.32. The van der Waals surface area contributed by atoms with Gasteiger partial charge in [0.05, 0.1) is 18.0 Å². The third-order valence-electron chi connectivity index (χ3n) is 2.97. The lowest BCUT2D eigenvalue weighted by Gasteiger charge is -2.27. The molecule has 0 saturated carbocycles. The lowest BCUT2D eigenvalue weighted by molar-refractivity contribution is -0.144. The smallest absolute Gasteiger partial charge is 0.415 e. The zero-order valence-electron chi connectivity index (χ0n) is 12.8. The van der Waals surface area contributed by atoms with Gasteiger partial charge in [-0.05, 0) is 39.8 Å². The van der Waals surface area contributed by atoms with Crippen molar-refractivity contribution in [3.8, 4) is 0 Å². The molecule has 0 N–H and O–H groups in total. The van der Waals surface area contributed by atoms with E-state index in [2.05, 4.69) is 4.98 Å². The maximum atomic E-state index is 12.4. The van der Waals surface area contributed by atoms with Crippen LogP contribution in [-0.2, 0) is 20.7 Å². The standard InChI is InChI=1S/C15H20N2O4/c1-5-20-13(18)12-9-10-11(7-6-8-16-10)17(12)14(19)21-15(2,3)4/h6-8,12H,5,9H2,1-4H3. The molecular formula is C15H20N2O4. The van der Waals surface area contributed by atoms with Crippen LogP contribution in [0.25, 0.3) is 0 Å². The number of rotatable bonds is 2. The topological polar surface area (TPSA) is 68.7 Å². The summed E-state index contributed by atoms with van der Waals surface area (Å²) in [7, 11) is 0. The number of amides is 1. The van der Waals surface area contributed by atoms with Crippen molar-refractivity contribution >= 4 is 17.7 Å². The molecule has 0 radical (unpaired) electrons. The van der Waals surface area contributed by atoms with Crippen molar-refractivity contribution in [2.24, 2.45) is 0 Å². The van der Waals surface area contributed by atoms with E-state index in [0.717, 1.165) is 0 Å². The first-order chi connectivity index (χ1) is 9.83. The van der Waals surface area contributed by atoms with Crippen LogP contribution in [0, 0.1) is 0 Å². The van der Waals surface area contributed by atoms with Gasteiger partial charge in [0.1, 0.15) is 11.6 Å². The molecule has 1 aromatic rings. The van der Waals surface area contributed by atoms with Crippen LogP contribution in [-0.4, -0.2) is 35.3 Å². The zero-order chi connectivity index (χ0) is 15.6. The minimum atomic E-state index is -0.718. The summed E-state index contributed by atoms with van der Waals surface area (Å²) in [6, 6.07) is 2.76. The van der Waals surface area contributed by atoms with E-state index < -0.39 is 23.7 Å². The number of carbonyl (C=O) groups excluding carboxylic acids is 2. The Labute approximate surface area is 124 Å². The van der Waals surface area contributed by atoms with Crippen molar-refractivity contribution in [2.75, 3.05) is 11.5 Å². The predicted octanol–water partition coefficient (Wildman–Crippen LogP) is 2.31. The number of carbonyl (C=O) groups is 2. The number of hydrogen-bond acceptors (Lipinski definition) is 5. The maximum Gasteiger partial charge on any atom is 0.415 e. The van der Waals surface area contributed by atoms with Crippen molar-refractivity contribution in [1.82, 2.24) is 4.98 Å². The Morgan fingerprint density at radius 3 is 2.76 bits per heavy atom. The highest BCUT2D eigenvalue weighted by Crippen LogP contribution is 2.32. The third-order valence-corrected chi connectivity index (χ3v) is 2.97. The highest BCUT2D eigenvalue weighted by atomic mass is 16.6. The van der Waals surface area contributed by atoms with Gasteiger partial charge in [-0.1, -0.05) is 0 Å². The van der Waals surface area contributed by atoms with Gasteiger partial charge in [0.15, 0.2) is 0 Å². The first-order valence-corrected chi connectivity index (χ1v) is 6.96. The molecule has 6 nitrogen and oxygen atoms in total. The minimum absolute atomic E-state index is 0.265. The van der Waals surface area contributed by atoms with Crippen molar-refractivity contribution in [1.29, 1.82) is 0 Å². The second-order valence-electron chi connectivity index (χ2n) is 5.79. The molecule has 2 rings (SSSR count). The number of pyridine rings is 1. The molecule has 2 heterocycles. The van der Waals surface area contributed by atoms with E-state index in [-0.39, 0.29) is 6.61 Å². The molecule has 0 bridgehead atoms. The van der Waals surface area contributed by atoms with Crippen LogP contribution in [0.4, 0.5) is 10.5 Å². The van der Waals surface area contributed by atoms with E-state index in [0.29, 0.717) is 17.8 Å². The summed E-state index contributed by atoms with van der Waals surface area (Å²) in [6.45, 7) is 7.34. The fourth-order valence-corrected chi connectivity index (χ4v) is 2.21. The van der Waals surface area contributed by atoms with Crippen molar-refractivity contribution in [2.45, 2.75) is 45.8 Å². The molecule has 1 aliphatic rings. The summed E-state index contributed by atoms with van der Waals surface area (Å²) in [5.74, 6) is -0.443. The average molecular weight is 292 g/mol. The second kappa shape index (κ2) is 5.71. The van der Waals surface area contributed by atoms with Crippen LogP contribution < -0.4 is 4.90 Å². The number of hydrogen-bond donors (Lipinski definition) is 0. The molecule has 0 fully saturated rings. The Hall–Kier alpha value is -2.11. The molecule has 114 valence electrons. The summed E-state index contributed by atoms with van der Waals surface area (Å²) in [5.41, 5.74) is 0.660. The van der Waals surface area contributed by atoms with Gasteiger partial charge in [-0.2, -0.15) is 0 Å². The largest absolute Gasteiger partial charge is 0.464 e. The highest BCUT2D eigenvalue weighted by Gasteiger charge is 2.42. The number of nitrogens with zero attached hydrogens (tertiary/aromatic N) is 2. The fraction of sp³-hybridized carbons (Fsp3) is 0.533. The molecule has 6 heteroatoms. The van der Waals surface area contributed by atoms with Gasteiger partial charge >= 0.3 is 12.1 Å². The van der Waals surface area contributed by atoms with E-state index in [1.54, 1.807) is 46.0 Å². The molecular weight excluding hydrogens is 272 g/mol. The average Bonchev–Trinajstić information content (AvgIpc) is 2.76. The lowest BCUT2D eigenvalue weighted by Crippen LogP contribution is -2.46. The van der Waals surface area contributed by atoms with Gasteiger partial charge in [-0.25, -0.2) is 9.59 Å². The lowest BCUT2D eigenvalue weighted by atomic mass is 10.2. The fourth-order valence-electron chi connectivity index (χ4n) is 2.21. The summed E-state index contributed by atoms with van der Waals surface area (Å²) >= 11 is 0. The maximum absolute atomic E-state index is 12.4. The summed E-state index contributed by atoms with van der Waals surface area (Å²) in [5, 5.41) is 0. The zero-order valence-corrected chi connectivity index (χ0v) is 12.8. The van der Waals surface area contributed by atoms with E-state index in [4.69, 9.17) is 9.47 Å². The van der Waals surface area contributed by atoms with Crippen LogP contribution in [0.15, 0.2) is 18.3 Å². The monoisotopic (exact) mass is 292 g/mol. The quantitative estimate of drug-likeness (QED) is 0.782. The molecule has 0 spiro atoms. The summed E-state index contributed by atoms with van der Waals surface area (Å²) in [4.78, 5) is 30.1. The first kappa shape index (κ1) is 15.3. The van der Waals surface area contributed by atoms with E-state index in [9.17, 15) is 9.59 Å².